The van der Waals surface area contributed by atoms with E-state index in [1.54, 1.807) is 0 Å². The van der Waals surface area contributed by atoms with Crippen molar-refractivity contribution in [3.63, 3.8) is 0 Å². The second-order valence-corrected chi connectivity index (χ2v) is 5.62. The minimum Gasteiger partial charge on any atom is -0.478 e. The maximum absolute atomic E-state index is 11.9. The summed E-state index contributed by atoms with van der Waals surface area (Å²) in [5, 5.41) is 8.02. The highest BCUT2D eigenvalue weighted by atomic mass is 32.2. The molecule has 1 aromatic rings. The van der Waals surface area contributed by atoms with Crippen molar-refractivity contribution in [2.24, 2.45) is 0 Å². The van der Waals surface area contributed by atoms with Crippen molar-refractivity contribution in [1.29, 1.82) is 0 Å². The molecule has 0 radical (unpaired) electrons. The van der Waals surface area contributed by atoms with Crippen molar-refractivity contribution in [2.45, 2.75) is 17.1 Å². The fourth-order valence-corrected chi connectivity index (χ4v) is 2.39. The summed E-state index contributed by atoms with van der Waals surface area (Å²) in [6.07, 6.45) is 1.31. The zero-order valence-electron chi connectivity index (χ0n) is 8.75. The van der Waals surface area contributed by atoms with Crippen LogP contribution in [-0.4, -0.2) is 24.7 Å². The zero-order chi connectivity index (χ0) is 12.3. The van der Waals surface area contributed by atoms with Crippen LogP contribution in [0.5, 0.6) is 0 Å². The molecule has 0 saturated carbocycles. The molecule has 4 nitrogen and oxygen atoms in total. The topological polar surface area (TPSA) is 71.4 Å². The number of rotatable bonds is 4. The Balaban J connectivity index is 3.29. The summed E-state index contributed by atoms with van der Waals surface area (Å²) in [7, 11) is -3.53. The van der Waals surface area contributed by atoms with Crippen LogP contribution in [0.15, 0.2) is 41.8 Å². The van der Waals surface area contributed by atoms with Crippen LogP contribution in [0.25, 0.3) is 0 Å². The molecule has 5 heteroatoms. The summed E-state index contributed by atoms with van der Waals surface area (Å²) in [6.45, 7) is 4.91. The highest BCUT2D eigenvalue weighted by molar-refractivity contribution is 7.92. The number of carboxylic acids is 1. The van der Waals surface area contributed by atoms with Gasteiger partial charge in [0.15, 0.2) is 9.84 Å². The molecule has 0 aliphatic heterocycles. The van der Waals surface area contributed by atoms with E-state index in [4.69, 9.17) is 5.11 Å². The third-order valence-electron chi connectivity index (χ3n) is 2.23. The summed E-state index contributed by atoms with van der Waals surface area (Å²) >= 11 is 0. The van der Waals surface area contributed by atoms with Gasteiger partial charge in [-0.3, -0.25) is 0 Å². The van der Waals surface area contributed by atoms with Gasteiger partial charge in [0.05, 0.1) is 15.7 Å². The normalized spacial score (nSPS) is 13.1. The lowest BCUT2D eigenvalue weighted by Gasteiger charge is -2.08. The first-order valence-electron chi connectivity index (χ1n) is 4.59. The lowest BCUT2D eigenvalue weighted by molar-refractivity contribution is 0.0696. The van der Waals surface area contributed by atoms with Crippen molar-refractivity contribution in [3.05, 3.63) is 42.5 Å². The maximum atomic E-state index is 11.9. The standard InChI is InChI=1S/C11H12O4S/c1-3-8(2)16(14,15)10-6-4-5-9(7-10)11(12)13/h3-8H,1H2,2H3,(H,12,13). The Morgan fingerprint density at radius 2 is 2.12 bits per heavy atom. The van der Waals surface area contributed by atoms with E-state index in [9.17, 15) is 13.2 Å². The van der Waals surface area contributed by atoms with Crippen LogP contribution < -0.4 is 0 Å². The van der Waals surface area contributed by atoms with Crippen LogP contribution in [0.2, 0.25) is 0 Å². The number of hydrogen-bond donors (Lipinski definition) is 1. The Morgan fingerprint density at radius 1 is 1.50 bits per heavy atom. The minimum atomic E-state index is -3.53. The fraction of sp³-hybridized carbons (Fsp3) is 0.182. The van der Waals surface area contributed by atoms with Gasteiger partial charge >= 0.3 is 5.97 Å². The molecule has 0 heterocycles. The van der Waals surface area contributed by atoms with Gasteiger partial charge in [0.1, 0.15) is 0 Å². The van der Waals surface area contributed by atoms with E-state index < -0.39 is 21.1 Å². The number of sulfone groups is 1. The molecule has 0 amide bonds. The zero-order valence-corrected chi connectivity index (χ0v) is 9.57. The van der Waals surface area contributed by atoms with Crippen LogP contribution in [0.4, 0.5) is 0 Å². The molecule has 1 rings (SSSR count). The van der Waals surface area contributed by atoms with E-state index in [1.165, 1.54) is 31.2 Å². The monoisotopic (exact) mass is 240 g/mol. The van der Waals surface area contributed by atoms with Crippen LogP contribution >= 0.6 is 0 Å². The summed E-state index contributed by atoms with van der Waals surface area (Å²) in [4.78, 5) is 10.7. The Hall–Kier alpha value is -1.62. The Bertz CT molecular complexity index is 517. The van der Waals surface area contributed by atoms with Gasteiger partial charge in [-0.2, -0.15) is 0 Å². The van der Waals surface area contributed by atoms with Crippen LogP contribution in [0.3, 0.4) is 0 Å². The third kappa shape index (κ3) is 2.30. The van der Waals surface area contributed by atoms with Gasteiger partial charge in [0.2, 0.25) is 0 Å². The lowest BCUT2D eigenvalue weighted by atomic mass is 10.2. The number of carboxylic acid groups (broad SMARTS) is 1. The molecule has 0 saturated heterocycles. The second kappa shape index (κ2) is 4.49. The van der Waals surface area contributed by atoms with Gasteiger partial charge in [-0.15, -0.1) is 6.58 Å². The fourth-order valence-electron chi connectivity index (χ4n) is 1.15. The van der Waals surface area contributed by atoms with Crippen LogP contribution in [0, 0.1) is 0 Å². The Kier molecular flexibility index (Phi) is 3.49. The number of carbonyl (C=O) groups is 1. The average Bonchev–Trinajstić information content (AvgIpc) is 2.28. The quantitative estimate of drug-likeness (QED) is 0.813. The maximum Gasteiger partial charge on any atom is 0.335 e. The van der Waals surface area contributed by atoms with E-state index >= 15 is 0 Å². The molecule has 0 spiro atoms. The van der Waals surface area contributed by atoms with Crippen molar-refractivity contribution < 1.29 is 18.3 Å². The van der Waals surface area contributed by atoms with Crippen molar-refractivity contribution >= 4 is 15.8 Å². The van der Waals surface area contributed by atoms with Crippen molar-refractivity contribution in [1.82, 2.24) is 0 Å². The van der Waals surface area contributed by atoms with Gasteiger partial charge in [0.25, 0.3) is 0 Å². The van der Waals surface area contributed by atoms with Gasteiger partial charge in [0, 0.05) is 0 Å². The van der Waals surface area contributed by atoms with Crippen LogP contribution in [0.1, 0.15) is 17.3 Å². The largest absolute Gasteiger partial charge is 0.478 e. The third-order valence-corrected chi connectivity index (χ3v) is 4.31. The van der Waals surface area contributed by atoms with E-state index in [1.807, 2.05) is 0 Å². The molecule has 1 N–H and O–H groups in total. The van der Waals surface area contributed by atoms with Gasteiger partial charge in [-0.05, 0) is 25.1 Å². The predicted octanol–water partition coefficient (Wildman–Crippen LogP) is 1.73. The van der Waals surface area contributed by atoms with Crippen LogP contribution in [-0.2, 0) is 9.84 Å². The lowest BCUT2D eigenvalue weighted by Crippen LogP contribution is -2.15. The molecular weight excluding hydrogens is 228 g/mol. The molecule has 1 unspecified atom stereocenters. The van der Waals surface area contributed by atoms with E-state index in [2.05, 4.69) is 6.58 Å². The summed E-state index contributed by atoms with van der Waals surface area (Å²) in [5.74, 6) is -1.15. The molecule has 0 aliphatic carbocycles. The van der Waals surface area contributed by atoms with Crippen molar-refractivity contribution in [3.8, 4) is 0 Å². The molecule has 0 bridgehead atoms. The first-order valence-corrected chi connectivity index (χ1v) is 6.14. The number of benzene rings is 1. The molecule has 0 fully saturated rings. The predicted molar refractivity (Wildman–Crippen MR) is 60.2 cm³/mol. The SMILES string of the molecule is C=CC(C)S(=O)(=O)c1cccc(C(=O)O)c1. The smallest absolute Gasteiger partial charge is 0.335 e. The average molecular weight is 240 g/mol. The van der Waals surface area contributed by atoms with Crippen molar-refractivity contribution in [2.75, 3.05) is 0 Å². The molecule has 0 aromatic heterocycles. The Labute approximate surface area is 94.1 Å². The molecule has 1 atom stereocenters. The second-order valence-electron chi connectivity index (χ2n) is 3.32. The number of hydrogen-bond acceptors (Lipinski definition) is 3. The van der Waals surface area contributed by atoms with Gasteiger partial charge in [-0.1, -0.05) is 12.1 Å². The molecule has 86 valence electrons. The highest BCUT2D eigenvalue weighted by Crippen LogP contribution is 2.17. The van der Waals surface area contributed by atoms with E-state index in [0.29, 0.717) is 0 Å². The molecule has 1 aromatic carbocycles. The molecule has 16 heavy (non-hydrogen) atoms. The Morgan fingerprint density at radius 3 is 2.62 bits per heavy atom. The summed E-state index contributed by atoms with van der Waals surface area (Å²) < 4.78 is 23.7. The first-order chi connectivity index (χ1) is 7.39. The first kappa shape index (κ1) is 12.4. The molecule has 0 aliphatic rings. The number of aromatic carboxylic acids is 1. The summed E-state index contributed by atoms with van der Waals surface area (Å²) in [5.41, 5.74) is -0.0441. The van der Waals surface area contributed by atoms with E-state index in [0.717, 1.165) is 6.07 Å². The highest BCUT2D eigenvalue weighted by Gasteiger charge is 2.21. The summed E-state index contributed by atoms with van der Waals surface area (Å²) in [6, 6.07) is 5.28. The molecular formula is C11H12O4S. The van der Waals surface area contributed by atoms with Gasteiger partial charge < -0.3 is 5.11 Å². The van der Waals surface area contributed by atoms with Gasteiger partial charge in [-0.25, -0.2) is 13.2 Å². The minimum absolute atomic E-state index is 0.000185. The van der Waals surface area contributed by atoms with E-state index in [-0.39, 0.29) is 10.5 Å².